The number of benzene rings is 1. The highest BCUT2D eigenvalue weighted by Gasteiger charge is 2.57. The molecule has 0 aliphatic carbocycles. The molecule has 5 nitrogen and oxygen atoms in total. The average Bonchev–Trinajstić information content (AvgIpc) is 3.10. The van der Waals surface area contributed by atoms with E-state index in [1.807, 2.05) is 28.0 Å². The summed E-state index contributed by atoms with van der Waals surface area (Å²) in [5.74, 6) is 0.297. The maximum Gasteiger partial charge on any atom is 0.231 e. The van der Waals surface area contributed by atoms with Crippen LogP contribution in [0.2, 0.25) is 0 Å². The highest BCUT2D eigenvalue weighted by molar-refractivity contribution is 5.88. The van der Waals surface area contributed by atoms with Gasteiger partial charge in [0.1, 0.15) is 0 Å². The topological polar surface area (TPSA) is 49.9 Å². The van der Waals surface area contributed by atoms with E-state index in [2.05, 4.69) is 12.1 Å². The molecule has 23 heavy (non-hydrogen) atoms. The van der Waals surface area contributed by atoms with Crippen molar-refractivity contribution in [3.63, 3.8) is 0 Å². The lowest BCUT2D eigenvalue weighted by molar-refractivity contribution is -0.137. The number of hydrogen-bond acceptors (Lipinski definition) is 3. The van der Waals surface area contributed by atoms with Gasteiger partial charge in [0, 0.05) is 46.1 Å². The third-order valence-electron chi connectivity index (χ3n) is 5.30. The van der Waals surface area contributed by atoms with Crippen molar-refractivity contribution in [1.82, 2.24) is 9.80 Å². The molecular weight excluding hydrogens is 292 g/mol. The maximum absolute atomic E-state index is 13.1. The number of nitrogens with zero attached hydrogens (tertiary/aromatic N) is 2. The first-order chi connectivity index (χ1) is 11.1. The third kappa shape index (κ3) is 2.74. The lowest BCUT2D eigenvalue weighted by Gasteiger charge is -2.29. The van der Waals surface area contributed by atoms with Gasteiger partial charge in [-0.3, -0.25) is 9.59 Å². The molecule has 1 aromatic carbocycles. The first-order valence-corrected chi connectivity index (χ1v) is 8.17. The van der Waals surface area contributed by atoms with Crippen molar-refractivity contribution in [2.24, 2.45) is 5.41 Å². The Morgan fingerprint density at radius 1 is 1.35 bits per heavy atom. The molecule has 1 spiro atoms. The van der Waals surface area contributed by atoms with Crippen LogP contribution in [0.5, 0.6) is 0 Å². The fourth-order valence-electron chi connectivity index (χ4n) is 4.00. The van der Waals surface area contributed by atoms with Crippen molar-refractivity contribution in [2.45, 2.75) is 19.3 Å². The number of carbonyl (C=O) groups is 2. The summed E-state index contributed by atoms with van der Waals surface area (Å²) < 4.78 is 5.12. The second kappa shape index (κ2) is 6.32. The zero-order chi connectivity index (χ0) is 16.4. The molecule has 5 heteroatoms. The van der Waals surface area contributed by atoms with E-state index in [0.29, 0.717) is 26.2 Å². The van der Waals surface area contributed by atoms with Gasteiger partial charge in [-0.25, -0.2) is 0 Å². The van der Waals surface area contributed by atoms with Gasteiger partial charge in [-0.05, 0) is 12.0 Å². The van der Waals surface area contributed by atoms with Crippen LogP contribution in [-0.4, -0.2) is 61.5 Å². The molecule has 3 rings (SSSR count). The predicted octanol–water partition coefficient (Wildman–Crippen LogP) is 1.50. The Bertz CT molecular complexity index is 589. The number of methoxy groups -OCH3 is 1. The Morgan fingerprint density at radius 3 is 2.74 bits per heavy atom. The van der Waals surface area contributed by atoms with Gasteiger partial charge >= 0.3 is 0 Å². The monoisotopic (exact) mass is 316 g/mol. The largest absolute Gasteiger partial charge is 0.383 e. The maximum atomic E-state index is 13.1. The SMILES string of the molecule is COCCN1CC[C@@]2(CN(C(C)=O)C[C@@H]2c2ccccc2)C1=O. The van der Waals surface area contributed by atoms with Gasteiger partial charge in [-0.2, -0.15) is 0 Å². The fraction of sp³-hybridized carbons (Fsp3) is 0.556. The molecule has 2 heterocycles. The van der Waals surface area contributed by atoms with Gasteiger partial charge in [0.05, 0.1) is 12.0 Å². The van der Waals surface area contributed by atoms with Gasteiger partial charge in [-0.1, -0.05) is 30.3 Å². The Morgan fingerprint density at radius 2 is 2.09 bits per heavy atom. The summed E-state index contributed by atoms with van der Waals surface area (Å²) in [7, 11) is 1.65. The number of likely N-dealkylation sites (tertiary alicyclic amines) is 2. The summed E-state index contributed by atoms with van der Waals surface area (Å²) in [6.45, 7) is 4.67. The summed E-state index contributed by atoms with van der Waals surface area (Å²) in [5.41, 5.74) is 0.680. The van der Waals surface area contributed by atoms with Gasteiger partial charge in [0.2, 0.25) is 11.8 Å². The summed E-state index contributed by atoms with van der Waals surface area (Å²) in [6.07, 6.45) is 0.804. The van der Waals surface area contributed by atoms with Crippen molar-refractivity contribution >= 4 is 11.8 Å². The van der Waals surface area contributed by atoms with Crippen LogP contribution in [0.25, 0.3) is 0 Å². The summed E-state index contributed by atoms with van der Waals surface area (Å²) >= 11 is 0. The molecular formula is C18H24N2O3. The van der Waals surface area contributed by atoms with Crippen molar-refractivity contribution in [2.75, 3.05) is 39.9 Å². The van der Waals surface area contributed by atoms with Gasteiger partial charge in [0.15, 0.2) is 0 Å². The minimum absolute atomic E-state index is 0.0472. The van der Waals surface area contributed by atoms with Crippen LogP contribution < -0.4 is 0 Å². The predicted molar refractivity (Wildman–Crippen MR) is 86.9 cm³/mol. The quantitative estimate of drug-likeness (QED) is 0.846. The molecule has 124 valence electrons. The fourth-order valence-corrected chi connectivity index (χ4v) is 4.00. The van der Waals surface area contributed by atoms with E-state index in [-0.39, 0.29) is 17.7 Å². The molecule has 2 atom stereocenters. The van der Waals surface area contributed by atoms with Crippen LogP contribution in [0, 0.1) is 5.41 Å². The molecule has 0 unspecified atom stereocenters. The van der Waals surface area contributed by atoms with E-state index in [4.69, 9.17) is 4.74 Å². The van der Waals surface area contributed by atoms with Crippen molar-refractivity contribution in [1.29, 1.82) is 0 Å². The van der Waals surface area contributed by atoms with Crippen LogP contribution in [-0.2, 0) is 14.3 Å². The summed E-state index contributed by atoms with van der Waals surface area (Å²) in [5, 5.41) is 0. The van der Waals surface area contributed by atoms with E-state index in [1.54, 1.807) is 14.0 Å². The lowest BCUT2D eigenvalue weighted by Crippen LogP contribution is -2.41. The second-order valence-electron chi connectivity index (χ2n) is 6.55. The van der Waals surface area contributed by atoms with E-state index < -0.39 is 5.41 Å². The first kappa shape index (κ1) is 16.0. The molecule has 1 aromatic rings. The molecule has 0 N–H and O–H groups in total. The molecule has 2 aliphatic rings. The van der Waals surface area contributed by atoms with Crippen LogP contribution in [0.1, 0.15) is 24.8 Å². The summed E-state index contributed by atoms with van der Waals surface area (Å²) in [6, 6.07) is 10.1. The number of carbonyl (C=O) groups excluding carboxylic acids is 2. The lowest BCUT2D eigenvalue weighted by atomic mass is 9.73. The summed E-state index contributed by atoms with van der Waals surface area (Å²) in [4.78, 5) is 28.7. The van der Waals surface area contributed by atoms with E-state index >= 15 is 0 Å². The van der Waals surface area contributed by atoms with Crippen molar-refractivity contribution < 1.29 is 14.3 Å². The number of hydrogen-bond donors (Lipinski definition) is 0. The number of amides is 2. The molecule has 2 saturated heterocycles. The standard InChI is InChI=1S/C18H24N2O3/c1-14(21)20-12-16(15-6-4-3-5-7-15)18(13-20)8-9-19(17(18)22)10-11-23-2/h3-7,16H,8-13H2,1-2H3/t16-,18+/m1/s1. The van der Waals surface area contributed by atoms with Crippen molar-refractivity contribution in [3.05, 3.63) is 35.9 Å². The number of rotatable bonds is 4. The smallest absolute Gasteiger partial charge is 0.231 e. The van der Waals surface area contributed by atoms with E-state index in [9.17, 15) is 9.59 Å². The van der Waals surface area contributed by atoms with Crippen LogP contribution in [0.15, 0.2) is 30.3 Å². The van der Waals surface area contributed by atoms with Crippen LogP contribution >= 0.6 is 0 Å². The highest BCUT2D eigenvalue weighted by Crippen LogP contribution is 2.49. The van der Waals surface area contributed by atoms with E-state index in [1.165, 1.54) is 0 Å². The van der Waals surface area contributed by atoms with Crippen LogP contribution in [0.4, 0.5) is 0 Å². The zero-order valence-corrected chi connectivity index (χ0v) is 13.8. The molecule has 0 radical (unpaired) electrons. The normalized spacial score (nSPS) is 27.2. The van der Waals surface area contributed by atoms with Gasteiger partial charge < -0.3 is 14.5 Å². The minimum atomic E-state index is -0.471. The van der Waals surface area contributed by atoms with Gasteiger partial charge in [0.25, 0.3) is 0 Å². The molecule has 0 saturated carbocycles. The molecule has 0 bridgehead atoms. The Balaban J connectivity index is 1.91. The second-order valence-corrected chi connectivity index (χ2v) is 6.55. The molecule has 0 aromatic heterocycles. The zero-order valence-electron chi connectivity index (χ0n) is 13.8. The minimum Gasteiger partial charge on any atom is -0.383 e. The van der Waals surface area contributed by atoms with Gasteiger partial charge in [-0.15, -0.1) is 0 Å². The van der Waals surface area contributed by atoms with Crippen LogP contribution in [0.3, 0.4) is 0 Å². The Labute approximate surface area is 137 Å². The Kier molecular flexibility index (Phi) is 4.39. The average molecular weight is 316 g/mol. The molecule has 2 fully saturated rings. The third-order valence-corrected chi connectivity index (χ3v) is 5.30. The van der Waals surface area contributed by atoms with E-state index in [0.717, 1.165) is 18.5 Å². The highest BCUT2D eigenvalue weighted by atomic mass is 16.5. The molecule has 2 aliphatic heterocycles. The number of ether oxygens (including phenoxy) is 1. The first-order valence-electron chi connectivity index (χ1n) is 8.17. The Hall–Kier alpha value is -1.88. The molecule has 2 amide bonds. The van der Waals surface area contributed by atoms with Crippen molar-refractivity contribution in [3.8, 4) is 0 Å².